The molecule has 0 saturated carbocycles. The van der Waals surface area contributed by atoms with Crippen molar-refractivity contribution in [3.8, 4) is 0 Å². The number of hydrogen-bond donors (Lipinski definition) is 3. The first-order valence-electron chi connectivity index (χ1n) is 4.86. The van der Waals surface area contributed by atoms with Gasteiger partial charge in [0.25, 0.3) is 0 Å². The number of hydrogen-bond acceptors (Lipinski definition) is 4. The average Bonchev–Trinajstić information content (AvgIpc) is 2.48. The highest BCUT2D eigenvalue weighted by Crippen LogP contribution is 2.29. The summed E-state index contributed by atoms with van der Waals surface area (Å²) in [4.78, 5) is 23.5. The Morgan fingerprint density at radius 3 is 2.60 bits per heavy atom. The zero-order valence-corrected chi connectivity index (χ0v) is 8.77. The molecule has 2 unspecified atom stereocenters. The fourth-order valence-corrected chi connectivity index (χ4v) is 1.77. The molecule has 15 heavy (non-hydrogen) atoms. The lowest BCUT2D eigenvalue weighted by Crippen LogP contribution is -2.43. The van der Waals surface area contributed by atoms with Gasteiger partial charge in [0.1, 0.15) is 6.04 Å². The Bertz CT molecular complexity index is 282. The lowest BCUT2D eigenvalue weighted by molar-refractivity contribution is -0.138. The first-order valence-corrected chi connectivity index (χ1v) is 4.86. The topological polar surface area (TPSA) is 110 Å². The van der Waals surface area contributed by atoms with Crippen molar-refractivity contribution in [2.75, 3.05) is 19.6 Å². The number of nitrogens with two attached hydrogens (primary N) is 2. The van der Waals surface area contributed by atoms with Crippen molar-refractivity contribution in [1.82, 2.24) is 4.90 Å². The van der Waals surface area contributed by atoms with E-state index in [9.17, 15) is 9.59 Å². The molecule has 1 rings (SSSR count). The van der Waals surface area contributed by atoms with Crippen LogP contribution in [0, 0.1) is 5.41 Å². The second kappa shape index (κ2) is 4.16. The number of nitrogens with zero attached hydrogens (tertiary/aromatic N) is 1. The summed E-state index contributed by atoms with van der Waals surface area (Å²) in [5.74, 6) is -1.36. The van der Waals surface area contributed by atoms with E-state index in [2.05, 4.69) is 0 Å². The highest BCUT2D eigenvalue weighted by molar-refractivity contribution is 5.81. The Hall–Kier alpha value is -1.14. The van der Waals surface area contributed by atoms with Gasteiger partial charge in [0.2, 0.25) is 5.91 Å². The third-order valence-corrected chi connectivity index (χ3v) is 2.92. The van der Waals surface area contributed by atoms with Crippen LogP contribution in [-0.4, -0.2) is 47.6 Å². The molecule has 6 heteroatoms. The normalized spacial score (nSPS) is 28.9. The summed E-state index contributed by atoms with van der Waals surface area (Å²) in [5, 5.41) is 8.64. The van der Waals surface area contributed by atoms with Crippen LogP contribution < -0.4 is 11.5 Å². The number of amides is 1. The molecule has 0 aliphatic carbocycles. The van der Waals surface area contributed by atoms with E-state index in [4.69, 9.17) is 16.6 Å². The summed E-state index contributed by atoms with van der Waals surface area (Å²) in [5.41, 5.74) is 10.1. The van der Waals surface area contributed by atoms with E-state index in [-0.39, 0.29) is 12.5 Å². The van der Waals surface area contributed by atoms with Crippen LogP contribution in [-0.2, 0) is 9.59 Å². The van der Waals surface area contributed by atoms with Crippen LogP contribution in [0.5, 0.6) is 0 Å². The third-order valence-electron chi connectivity index (χ3n) is 2.92. The van der Waals surface area contributed by atoms with Crippen molar-refractivity contribution >= 4 is 11.9 Å². The van der Waals surface area contributed by atoms with Crippen LogP contribution in [0.15, 0.2) is 0 Å². The third kappa shape index (κ3) is 2.66. The number of primary amides is 1. The van der Waals surface area contributed by atoms with Crippen molar-refractivity contribution in [1.29, 1.82) is 0 Å². The average molecular weight is 215 g/mol. The Morgan fingerprint density at radius 2 is 2.20 bits per heavy atom. The molecule has 1 aliphatic rings. The van der Waals surface area contributed by atoms with E-state index in [0.717, 1.165) is 0 Å². The van der Waals surface area contributed by atoms with Gasteiger partial charge in [-0.3, -0.25) is 9.59 Å². The quantitative estimate of drug-likeness (QED) is 0.534. The minimum atomic E-state index is -1.03. The van der Waals surface area contributed by atoms with Crippen molar-refractivity contribution in [3.63, 3.8) is 0 Å². The number of carbonyl (C=O) groups is 2. The van der Waals surface area contributed by atoms with E-state index in [1.54, 1.807) is 6.92 Å². The molecule has 0 aromatic rings. The molecule has 0 radical (unpaired) electrons. The van der Waals surface area contributed by atoms with Crippen LogP contribution in [0.3, 0.4) is 0 Å². The minimum Gasteiger partial charge on any atom is -0.480 e. The zero-order valence-electron chi connectivity index (χ0n) is 8.77. The molecule has 1 aliphatic heterocycles. The summed E-state index contributed by atoms with van der Waals surface area (Å²) in [6, 6.07) is -0.903. The monoisotopic (exact) mass is 215 g/mol. The summed E-state index contributed by atoms with van der Waals surface area (Å²) in [6.07, 6.45) is 0.661. The molecule has 6 nitrogen and oxygen atoms in total. The van der Waals surface area contributed by atoms with Gasteiger partial charge < -0.3 is 21.5 Å². The Labute approximate surface area is 88.2 Å². The number of aliphatic carboxylic acids is 1. The predicted octanol–water partition coefficient (Wildman–Crippen LogP) is -1.40. The maximum atomic E-state index is 11.1. The fraction of sp³-hybridized carbons (Fsp3) is 0.778. The summed E-state index contributed by atoms with van der Waals surface area (Å²) >= 11 is 0. The Morgan fingerprint density at radius 1 is 1.60 bits per heavy atom. The van der Waals surface area contributed by atoms with E-state index in [0.29, 0.717) is 19.5 Å². The van der Waals surface area contributed by atoms with Crippen LogP contribution in [0.2, 0.25) is 0 Å². The Kier molecular flexibility index (Phi) is 3.31. The molecule has 86 valence electrons. The molecule has 0 aromatic carbocycles. The standard InChI is InChI=1S/C9H17N3O3/c1-9(8(11)15)2-3-12(5-9)4-6(10)7(13)14/h6H,2-5,10H2,1H3,(H2,11,15)(H,13,14). The lowest BCUT2D eigenvalue weighted by Gasteiger charge is -2.22. The molecule has 1 heterocycles. The zero-order chi connectivity index (χ0) is 11.6. The van der Waals surface area contributed by atoms with Crippen molar-refractivity contribution in [2.45, 2.75) is 19.4 Å². The molecule has 0 aromatic heterocycles. The molecule has 0 spiro atoms. The van der Waals surface area contributed by atoms with Gasteiger partial charge in [-0.25, -0.2) is 0 Å². The van der Waals surface area contributed by atoms with Gasteiger partial charge in [-0.05, 0) is 19.9 Å². The SMILES string of the molecule is CC1(C(N)=O)CCN(CC(N)C(=O)O)C1. The molecule has 1 fully saturated rings. The van der Waals surface area contributed by atoms with Crippen LogP contribution in [0.25, 0.3) is 0 Å². The molecule has 1 saturated heterocycles. The highest BCUT2D eigenvalue weighted by Gasteiger charge is 2.39. The van der Waals surface area contributed by atoms with Gasteiger partial charge in [-0.1, -0.05) is 0 Å². The predicted molar refractivity (Wildman–Crippen MR) is 54.0 cm³/mol. The maximum Gasteiger partial charge on any atom is 0.321 e. The summed E-state index contributed by atoms with van der Waals surface area (Å²) < 4.78 is 0. The number of carbonyl (C=O) groups excluding carboxylic acids is 1. The second-order valence-corrected chi connectivity index (χ2v) is 4.35. The number of carboxylic acid groups (broad SMARTS) is 1. The molecular formula is C9H17N3O3. The van der Waals surface area contributed by atoms with Gasteiger partial charge >= 0.3 is 5.97 Å². The molecule has 5 N–H and O–H groups in total. The van der Waals surface area contributed by atoms with Crippen molar-refractivity contribution in [3.05, 3.63) is 0 Å². The summed E-state index contributed by atoms with van der Waals surface area (Å²) in [7, 11) is 0. The van der Waals surface area contributed by atoms with E-state index >= 15 is 0 Å². The van der Waals surface area contributed by atoms with Gasteiger partial charge in [0.05, 0.1) is 5.41 Å². The lowest BCUT2D eigenvalue weighted by atomic mass is 9.89. The van der Waals surface area contributed by atoms with Crippen molar-refractivity contribution in [2.24, 2.45) is 16.9 Å². The van der Waals surface area contributed by atoms with Gasteiger partial charge in [-0.15, -0.1) is 0 Å². The highest BCUT2D eigenvalue weighted by atomic mass is 16.4. The smallest absolute Gasteiger partial charge is 0.321 e. The Balaban J connectivity index is 2.50. The first kappa shape index (κ1) is 11.9. The van der Waals surface area contributed by atoms with Gasteiger partial charge in [0.15, 0.2) is 0 Å². The minimum absolute atomic E-state index is 0.262. The number of likely N-dealkylation sites (tertiary alicyclic amines) is 1. The molecular weight excluding hydrogens is 198 g/mol. The molecule has 1 amide bonds. The van der Waals surface area contributed by atoms with Gasteiger partial charge in [-0.2, -0.15) is 0 Å². The van der Waals surface area contributed by atoms with E-state index in [1.807, 2.05) is 4.90 Å². The second-order valence-electron chi connectivity index (χ2n) is 4.35. The van der Waals surface area contributed by atoms with E-state index in [1.165, 1.54) is 0 Å². The maximum absolute atomic E-state index is 11.1. The number of carboxylic acids is 1. The molecule has 2 atom stereocenters. The van der Waals surface area contributed by atoms with Gasteiger partial charge in [0, 0.05) is 13.1 Å². The van der Waals surface area contributed by atoms with Crippen LogP contribution in [0.4, 0.5) is 0 Å². The van der Waals surface area contributed by atoms with E-state index < -0.39 is 17.4 Å². The summed E-state index contributed by atoms with van der Waals surface area (Å²) in [6.45, 7) is 3.21. The fourth-order valence-electron chi connectivity index (χ4n) is 1.77. The first-order chi connectivity index (χ1) is 6.85. The van der Waals surface area contributed by atoms with Crippen molar-refractivity contribution < 1.29 is 14.7 Å². The number of rotatable bonds is 4. The molecule has 0 bridgehead atoms. The largest absolute Gasteiger partial charge is 0.480 e. The van der Waals surface area contributed by atoms with Crippen LogP contribution in [0.1, 0.15) is 13.3 Å². The van der Waals surface area contributed by atoms with Crippen LogP contribution >= 0.6 is 0 Å².